The summed E-state index contributed by atoms with van der Waals surface area (Å²) in [6, 6.07) is 3.40. The Morgan fingerprint density at radius 2 is 2.00 bits per heavy atom. The lowest BCUT2D eigenvalue weighted by atomic mass is 10.1. The Balaban J connectivity index is 1.49. The van der Waals surface area contributed by atoms with Crippen molar-refractivity contribution >= 4 is 28.0 Å². The number of pyridine rings is 1. The van der Waals surface area contributed by atoms with E-state index in [1.54, 1.807) is 18.1 Å². The highest BCUT2D eigenvalue weighted by Gasteiger charge is 2.37. The van der Waals surface area contributed by atoms with Gasteiger partial charge in [-0.25, -0.2) is 19.5 Å². The van der Waals surface area contributed by atoms with E-state index in [9.17, 15) is 37.3 Å². The quantitative estimate of drug-likeness (QED) is 0.169. The normalized spacial score (nSPS) is 12.4. The van der Waals surface area contributed by atoms with Crippen LogP contribution in [0.2, 0.25) is 0 Å². The number of nitrogens with two attached hydrogens (primary N) is 1. The second kappa shape index (κ2) is 10.5. The van der Waals surface area contributed by atoms with Crippen LogP contribution in [0.25, 0.3) is 22.2 Å². The lowest BCUT2D eigenvalue weighted by Gasteiger charge is -2.18. The summed E-state index contributed by atoms with van der Waals surface area (Å²) in [4.78, 5) is 42.3. The molecule has 0 spiro atoms. The summed E-state index contributed by atoms with van der Waals surface area (Å²) in [7, 11) is 0. The molecule has 4 aromatic rings. The molecule has 0 unspecified atom stereocenters. The number of hydrogen-bond donors (Lipinski definition) is 3. The van der Waals surface area contributed by atoms with Gasteiger partial charge in [0.05, 0.1) is 27.8 Å². The van der Waals surface area contributed by atoms with Crippen LogP contribution in [0.1, 0.15) is 25.3 Å². The van der Waals surface area contributed by atoms with E-state index in [1.807, 2.05) is 0 Å². The summed E-state index contributed by atoms with van der Waals surface area (Å²) in [6.07, 6.45) is -0.936. The van der Waals surface area contributed by atoms with Crippen LogP contribution in [0.3, 0.4) is 0 Å². The Morgan fingerprint density at radius 1 is 1.26 bits per heavy atom. The van der Waals surface area contributed by atoms with Gasteiger partial charge >= 0.3 is 11.9 Å². The number of aryl methyl sites for hydroxylation is 1. The average Bonchev–Trinajstić information content (AvgIpc) is 2.84. The van der Waals surface area contributed by atoms with Crippen LogP contribution in [0.5, 0.6) is 0 Å². The van der Waals surface area contributed by atoms with Crippen LogP contribution in [-0.2, 0) is 12.7 Å². The molecule has 3 heterocycles. The first kappa shape index (κ1) is 27.2. The molecule has 12 nitrogen and oxygen atoms in total. The fourth-order valence-electron chi connectivity index (χ4n) is 4.01. The molecule has 0 aliphatic carbocycles. The van der Waals surface area contributed by atoms with E-state index in [4.69, 9.17) is 5.73 Å². The summed E-state index contributed by atoms with van der Waals surface area (Å²) in [5.74, 6) is -1.46. The maximum atomic E-state index is 14.9. The standard InChI is InChI=1S/C23H20F4N8O4/c1-11(31-16-9-30-33-21(36)18(16)23(25,26)27)3-2-5-34-6-4-12-7-14(15(24)8-13(12)22(34)37)20-29-10-17(35(38)39)19(28)32-20/h4,6-11H,2-3,5H2,1H3,(H2,28,29,32)(H2,31,33,36)/t11-/m0/s1. The van der Waals surface area contributed by atoms with Gasteiger partial charge in [-0.3, -0.25) is 19.7 Å². The first-order valence-electron chi connectivity index (χ1n) is 11.4. The molecular formula is C23H20F4N8O4. The topological polar surface area (TPSA) is 175 Å². The van der Waals surface area contributed by atoms with E-state index in [-0.39, 0.29) is 23.3 Å². The van der Waals surface area contributed by atoms with Crippen LogP contribution in [0.15, 0.2) is 46.4 Å². The lowest BCUT2D eigenvalue weighted by Crippen LogP contribution is -2.27. The van der Waals surface area contributed by atoms with Crippen molar-refractivity contribution in [3.05, 3.63) is 79.0 Å². The number of fused-ring (bicyclic) bond motifs is 1. The number of nitrogens with zero attached hydrogens (tertiary/aromatic N) is 5. The highest BCUT2D eigenvalue weighted by Crippen LogP contribution is 2.32. The number of hydrogen-bond acceptors (Lipinski definition) is 9. The van der Waals surface area contributed by atoms with Gasteiger partial charge < -0.3 is 15.6 Å². The van der Waals surface area contributed by atoms with Crippen molar-refractivity contribution in [2.24, 2.45) is 0 Å². The lowest BCUT2D eigenvalue weighted by molar-refractivity contribution is -0.384. The molecule has 16 heteroatoms. The molecule has 1 aromatic carbocycles. The molecule has 0 aliphatic heterocycles. The van der Waals surface area contributed by atoms with Gasteiger partial charge in [-0.05, 0) is 43.4 Å². The molecule has 39 heavy (non-hydrogen) atoms. The monoisotopic (exact) mass is 548 g/mol. The zero-order valence-electron chi connectivity index (χ0n) is 20.1. The fourth-order valence-corrected chi connectivity index (χ4v) is 4.01. The Bertz CT molecular complexity index is 1690. The van der Waals surface area contributed by atoms with Gasteiger partial charge in [0, 0.05) is 18.8 Å². The van der Waals surface area contributed by atoms with Crippen molar-refractivity contribution in [3.63, 3.8) is 0 Å². The summed E-state index contributed by atoms with van der Waals surface area (Å²) >= 11 is 0. The largest absolute Gasteiger partial charge is 0.423 e. The van der Waals surface area contributed by atoms with E-state index in [2.05, 4.69) is 20.4 Å². The van der Waals surface area contributed by atoms with Crippen molar-refractivity contribution in [2.45, 2.75) is 38.5 Å². The van der Waals surface area contributed by atoms with E-state index < -0.39 is 56.8 Å². The minimum atomic E-state index is -4.87. The smallest absolute Gasteiger partial charge is 0.381 e. The Kier molecular flexibility index (Phi) is 7.29. The SMILES string of the molecule is C[C@@H](CCCn1ccc2cc(-c3ncc([N+](=O)[O-])c(N)n3)c(F)cc2c1=O)Nc1cn[nH]c(=O)c1C(F)(F)F. The molecule has 1 atom stereocenters. The number of nitrogens with one attached hydrogen (secondary N) is 2. The van der Waals surface area contributed by atoms with Crippen molar-refractivity contribution in [1.82, 2.24) is 24.7 Å². The van der Waals surface area contributed by atoms with Crippen molar-refractivity contribution < 1.29 is 22.5 Å². The van der Waals surface area contributed by atoms with Gasteiger partial charge in [-0.15, -0.1) is 0 Å². The van der Waals surface area contributed by atoms with Gasteiger partial charge in [-0.2, -0.15) is 18.3 Å². The van der Waals surface area contributed by atoms with Crippen molar-refractivity contribution in [3.8, 4) is 11.4 Å². The van der Waals surface area contributed by atoms with Gasteiger partial charge in [0.2, 0.25) is 5.82 Å². The van der Waals surface area contributed by atoms with Gasteiger partial charge in [0.1, 0.15) is 17.6 Å². The van der Waals surface area contributed by atoms with E-state index in [0.717, 1.165) is 18.5 Å². The first-order chi connectivity index (χ1) is 18.4. The summed E-state index contributed by atoms with van der Waals surface area (Å²) in [5, 5.41) is 19.1. The highest BCUT2D eigenvalue weighted by molar-refractivity contribution is 5.86. The molecule has 0 amide bonds. The van der Waals surface area contributed by atoms with E-state index in [1.165, 1.54) is 16.8 Å². The number of alkyl halides is 3. The third kappa shape index (κ3) is 5.68. The maximum absolute atomic E-state index is 14.9. The molecule has 0 radical (unpaired) electrons. The molecule has 3 aromatic heterocycles. The van der Waals surface area contributed by atoms with Gasteiger partial charge in [-0.1, -0.05) is 0 Å². The fraction of sp³-hybridized carbons (Fsp3) is 0.261. The van der Waals surface area contributed by atoms with Crippen molar-refractivity contribution in [2.75, 3.05) is 11.1 Å². The average molecular weight is 548 g/mol. The number of H-pyrrole nitrogens is 1. The molecule has 0 fully saturated rings. The molecule has 0 saturated heterocycles. The number of nitro groups is 1. The molecule has 4 rings (SSSR count). The summed E-state index contributed by atoms with van der Waals surface area (Å²) in [6.45, 7) is 1.81. The number of anilines is 2. The summed E-state index contributed by atoms with van der Waals surface area (Å²) < 4.78 is 55.9. The third-order valence-corrected chi connectivity index (χ3v) is 5.88. The summed E-state index contributed by atoms with van der Waals surface area (Å²) in [5.41, 5.74) is 1.25. The first-order valence-corrected chi connectivity index (χ1v) is 11.4. The number of rotatable bonds is 8. The van der Waals surface area contributed by atoms with Crippen molar-refractivity contribution in [1.29, 1.82) is 0 Å². The van der Waals surface area contributed by atoms with Crippen LogP contribution < -0.4 is 22.2 Å². The molecule has 0 aliphatic rings. The minimum Gasteiger partial charge on any atom is -0.381 e. The van der Waals surface area contributed by atoms with Gasteiger partial charge in [0.15, 0.2) is 5.82 Å². The number of halogens is 4. The predicted octanol–water partition coefficient (Wildman–Crippen LogP) is 3.47. The zero-order chi connectivity index (χ0) is 28.5. The van der Waals surface area contributed by atoms with Crippen LogP contribution in [0.4, 0.5) is 34.8 Å². The number of aromatic amines is 1. The highest BCUT2D eigenvalue weighted by atomic mass is 19.4. The molecule has 0 bridgehead atoms. The molecular weight excluding hydrogens is 528 g/mol. The van der Waals surface area contributed by atoms with E-state index >= 15 is 0 Å². The van der Waals surface area contributed by atoms with E-state index in [0.29, 0.717) is 18.2 Å². The molecule has 0 saturated carbocycles. The zero-order valence-corrected chi connectivity index (χ0v) is 20.1. The molecule has 204 valence electrons. The second-order valence-corrected chi connectivity index (χ2v) is 8.63. The molecule has 4 N–H and O–H groups in total. The Labute approximate surface area is 215 Å². The Morgan fingerprint density at radius 3 is 2.67 bits per heavy atom. The number of benzene rings is 1. The Hall–Kier alpha value is -4.89. The predicted molar refractivity (Wildman–Crippen MR) is 132 cm³/mol. The number of aromatic nitrogens is 5. The van der Waals surface area contributed by atoms with Gasteiger partial charge in [0.25, 0.3) is 11.1 Å². The maximum Gasteiger partial charge on any atom is 0.423 e. The van der Waals surface area contributed by atoms with Crippen LogP contribution >= 0.6 is 0 Å². The minimum absolute atomic E-state index is 0.0595. The second-order valence-electron chi connectivity index (χ2n) is 8.63. The van der Waals surface area contributed by atoms with Crippen LogP contribution in [0, 0.1) is 15.9 Å². The van der Waals surface area contributed by atoms with Crippen LogP contribution in [-0.4, -0.2) is 35.7 Å². The number of nitrogen functional groups attached to an aromatic ring is 1. The third-order valence-electron chi connectivity index (χ3n) is 5.88.